The number of imidazole rings is 1. The summed E-state index contributed by atoms with van der Waals surface area (Å²) in [5.41, 5.74) is 5.05. The summed E-state index contributed by atoms with van der Waals surface area (Å²) in [7, 11) is 3.24. The van der Waals surface area contributed by atoms with Crippen LogP contribution in [0.5, 0.6) is 11.5 Å². The van der Waals surface area contributed by atoms with E-state index in [0.717, 1.165) is 29.1 Å². The van der Waals surface area contributed by atoms with Crippen LogP contribution in [0.25, 0.3) is 16.9 Å². The number of hydrogen-bond donors (Lipinski definition) is 1. The molecule has 4 aromatic rings. The molecule has 0 saturated carbocycles. The maximum Gasteiger partial charge on any atom is 0.141 e. The van der Waals surface area contributed by atoms with E-state index in [4.69, 9.17) is 26.1 Å². The fourth-order valence-electron chi connectivity index (χ4n) is 5.94. The lowest BCUT2D eigenvalue weighted by atomic mass is 9.96. The first-order chi connectivity index (χ1) is 17.6. The minimum Gasteiger partial charge on any atom is -0.496 e. The molecule has 2 saturated heterocycles. The highest BCUT2D eigenvalue weighted by molar-refractivity contribution is 6.32. The zero-order chi connectivity index (χ0) is 24.6. The van der Waals surface area contributed by atoms with Crippen LogP contribution in [0.1, 0.15) is 31.2 Å². The number of fused-ring (bicyclic) bond motifs is 3. The van der Waals surface area contributed by atoms with Crippen molar-refractivity contribution >= 4 is 22.9 Å². The van der Waals surface area contributed by atoms with Crippen molar-refractivity contribution in [2.24, 2.45) is 0 Å². The van der Waals surface area contributed by atoms with Gasteiger partial charge < -0.3 is 19.2 Å². The number of benzene rings is 2. The third kappa shape index (κ3) is 4.40. The molecule has 6 rings (SSSR count). The number of nitrogens with one attached hydrogen (secondary N) is 1. The summed E-state index contributed by atoms with van der Waals surface area (Å²) in [5.74, 6) is 1.26. The average molecular weight is 503 g/mol. The molecule has 2 aromatic carbocycles. The number of pyridine rings is 1. The molecule has 0 unspecified atom stereocenters. The molecule has 36 heavy (non-hydrogen) atoms. The first-order valence-electron chi connectivity index (χ1n) is 12.6. The zero-order valence-electron chi connectivity index (χ0n) is 20.7. The predicted octanol–water partition coefficient (Wildman–Crippen LogP) is 6.28. The minimum absolute atomic E-state index is 0.479. The molecule has 1 N–H and O–H groups in total. The van der Waals surface area contributed by atoms with Gasteiger partial charge in [0.05, 0.1) is 24.9 Å². The summed E-state index contributed by atoms with van der Waals surface area (Å²) >= 11 is 6.40. The Hall–Kier alpha value is -3.22. The lowest BCUT2D eigenvalue weighted by molar-refractivity contribution is 0.124. The van der Waals surface area contributed by atoms with Crippen molar-refractivity contribution in [2.45, 2.75) is 50.4 Å². The Morgan fingerprint density at radius 2 is 1.72 bits per heavy atom. The van der Waals surface area contributed by atoms with E-state index in [1.807, 2.05) is 16.7 Å². The van der Waals surface area contributed by atoms with Crippen LogP contribution in [0.2, 0.25) is 5.02 Å². The smallest absolute Gasteiger partial charge is 0.141 e. The van der Waals surface area contributed by atoms with E-state index >= 15 is 0 Å². The number of aromatic nitrogens is 2. The van der Waals surface area contributed by atoms with Gasteiger partial charge in [-0.15, -0.1) is 0 Å². The van der Waals surface area contributed by atoms with Gasteiger partial charge in [0.25, 0.3) is 0 Å². The van der Waals surface area contributed by atoms with Gasteiger partial charge in [-0.2, -0.15) is 0 Å². The van der Waals surface area contributed by atoms with Gasteiger partial charge in [0, 0.05) is 60.4 Å². The highest BCUT2D eigenvalue weighted by Crippen LogP contribution is 2.39. The molecule has 0 aliphatic carbocycles. The maximum atomic E-state index is 6.40. The van der Waals surface area contributed by atoms with Crippen molar-refractivity contribution in [3.05, 3.63) is 77.6 Å². The summed E-state index contributed by atoms with van der Waals surface area (Å²) in [6.45, 7) is 1.06. The summed E-state index contributed by atoms with van der Waals surface area (Å²) in [6.07, 6.45) is 9.01. The fourth-order valence-corrected chi connectivity index (χ4v) is 6.18. The van der Waals surface area contributed by atoms with Crippen LogP contribution >= 0.6 is 11.6 Å². The number of methoxy groups -OCH3 is 2. The Morgan fingerprint density at radius 3 is 2.44 bits per heavy atom. The van der Waals surface area contributed by atoms with Crippen LogP contribution in [-0.4, -0.2) is 46.6 Å². The average Bonchev–Trinajstić information content (AvgIpc) is 3.41. The Morgan fingerprint density at radius 1 is 0.972 bits per heavy atom. The molecular formula is C29H31ClN4O2. The number of nitrogens with zero attached hydrogens (tertiary/aromatic N) is 3. The molecule has 2 aliphatic heterocycles. The van der Waals surface area contributed by atoms with Crippen molar-refractivity contribution < 1.29 is 9.47 Å². The van der Waals surface area contributed by atoms with Gasteiger partial charge in [-0.1, -0.05) is 41.9 Å². The third-order valence-corrected chi connectivity index (χ3v) is 7.97. The van der Waals surface area contributed by atoms with Gasteiger partial charge in [0.15, 0.2) is 0 Å². The lowest BCUT2D eigenvalue weighted by Crippen LogP contribution is -2.46. The Kier molecular flexibility index (Phi) is 6.23. The van der Waals surface area contributed by atoms with Gasteiger partial charge >= 0.3 is 0 Å². The molecule has 2 bridgehead atoms. The van der Waals surface area contributed by atoms with E-state index in [2.05, 4.69) is 58.9 Å². The standard InChI is InChI=1S/C29H31ClN4O2/c1-35-27-16-28(36-2)25(30)15-24(27)26-18-33-11-10-20(14-29(33)32-26)31-21-12-22-8-9-23(13-21)34(22)17-19-6-4-3-5-7-19/h3-7,10-11,14-16,18,21-23,31H,8-9,12-13,17H2,1-2H3/t21-,22+,23-. The number of halogens is 1. The number of hydrogen-bond acceptors (Lipinski definition) is 5. The minimum atomic E-state index is 0.479. The highest BCUT2D eigenvalue weighted by atomic mass is 35.5. The van der Waals surface area contributed by atoms with E-state index in [9.17, 15) is 0 Å². The number of ether oxygens (including phenoxy) is 2. The van der Waals surface area contributed by atoms with Gasteiger partial charge in [-0.05, 0) is 43.4 Å². The normalized spacial score (nSPS) is 21.6. The molecule has 4 heterocycles. The van der Waals surface area contributed by atoms with E-state index in [1.54, 1.807) is 20.3 Å². The molecule has 0 radical (unpaired) electrons. The van der Waals surface area contributed by atoms with Crippen LogP contribution in [0.15, 0.2) is 67.0 Å². The van der Waals surface area contributed by atoms with Crippen molar-refractivity contribution in [3.8, 4) is 22.8 Å². The molecule has 6 nitrogen and oxygen atoms in total. The van der Waals surface area contributed by atoms with Crippen LogP contribution in [0.3, 0.4) is 0 Å². The van der Waals surface area contributed by atoms with Crippen molar-refractivity contribution in [1.29, 1.82) is 0 Å². The first-order valence-corrected chi connectivity index (χ1v) is 13.0. The predicted molar refractivity (Wildman–Crippen MR) is 144 cm³/mol. The van der Waals surface area contributed by atoms with Crippen molar-refractivity contribution in [2.75, 3.05) is 19.5 Å². The molecule has 2 aromatic heterocycles. The van der Waals surface area contributed by atoms with Crippen LogP contribution in [0.4, 0.5) is 5.69 Å². The van der Waals surface area contributed by atoms with Crippen molar-refractivity contribution in [1.82, 2.24) is 14.3 Å². The van der Waals surface area contributed by atoms with Crippen LogP contribution < -0.4 is 14.8 Å². The maximum absolute atomic E-state index is 6.40. The van der Waals surface area contributed by atoms with Gasteiger partial charge in [-0.25, -0.2) is 4.98 Å². The molecule has 2 fully saturated rings. The monoisotopic (exact) mass is 502 g/mol. The topological polar surface area (TPSA) is 51.0 Å². The van der Waals surface area contributed by atoms with E-state index in [-0.39, 0.29) is 0 Å². The van der Waals surface area contributed by atoms with E-state index in [0.29, 0.717) is 34.6 Å². The number of piperidine rings is 1. The van der Waals surface area contributed by atoms with Gasteiger partial charge in [0.1, 0.15) is 17.1 Å². The Bertz CT molecular complexity index is 1360. The summed E-state index contributed by atoms with van der Waals surface area (Å²) in [5, 5.41) is 4.34. The molecule has 0 spiro atoms. The third-order valence-electron chi connectivity index (χ3n) is 7.67. The summed E-state index contributed by atoms with van der Waals surface area (Å²) in [4.78, 5) is 7.61. The van der Waals surface area contributed by atoms with E-state index in [1.165, 1.54) is 31.2 Å². The molecule has 0 amide bonds. The highest BCUT2D eigenvalue weighted by Gasteiger charge is 2.40. The van der Waals surface area contributed by atoms with E-state index < -0.39 is 0 Å². The molecule has 2 aliphatic rings. The SMILES string of the molecule is COc1cc(OC)c(-c2cn3ccc(N[C@H]4C[C@H]5CC[C@@H](C4)N5Cc4ccccc4)cc3n2)cc1Cl. The largest absolute Gasteiger partial charge is 0.496 e. The Labute approximate surface area is 216 Å². The van der Waals surface area contributed by atoms with Gasteiger partial charge in [0.2, 0.25) is 0 Å². The second kappa shape index (κ2) is 9.68. The van der Waals surface area contributed by atoms with Crippen LogP contribution in [-0.2, 0) is 6.54 Å². The quantitative estimate of drug-likeness (QED) is 0.322. The molecule has 7 heteroatoms. The second-order valence-electron chi connectivity index (χ2n) is 9.85. The summed E-state index contributed by atoms with van der Waals surface area (Å²) < 4.78 is 12.9. The molecule has 186 valence electrons. The molecular weight excluding hydrogens is 472 g/mol. The first kappa shape index (κ1) is 23.2. The van der Waals surface area contributed by atoms with Gasteiger partial charge in [-0.3, -0.25) is 4.90 Å². The fraction of sp³-hybridized carbons (Fsp3) is 0.345. The Balaban J connectivity index is 1.18. The number of anilines is 1. The number of rotatable bonds is 7. The second-order valence-corrected chi connectivity index (χ2v) is 10.3. The summed E-state index contributed by atoms with van der Waals surface area (Å²) in [6, 6.07) is 20.5. The molecule has 3 atom stereocenters. The van der Waals surface area contributed by atoms with Crippen molar-refractivity contribution in [3.63, 3.8) is 0 Å². The lowest BCUT2D eigenvalue weighted by Gasteiger charge is -2.39. The van der Waals surface area contributed by atoms with Crippen LogP contribution in [0, 0.1) is 0 Å². The zero-order valence-corrected chi connectivity index (χ0v) is 21.4.